The first kappa shape index (κ1) is 14.7. The van der Waals surface area contributed by atoms with Crippen LogP contribution < -0.4 is 10.2 Å². The second-order valence-electron chi connectivity index (χ2n) is 5.50. The number of aryl methyl sites for hydroxylation is 2. The molecule has 108 valence electrons. The summed E-state index contributed by atoms with van der Waals surface area (Å²) in [5.41, 5.74) is 2.52. The van der Waals surface area contributed by atoms with Crippen molar-refractivity contribution in [2.24, 2.45) is 7.05 Å². The Labute approximate surface area is 120 Å². The number of rotatable bonds is 4. The van der Waals surface area contributed by atoms with Crippen molar-refractivity contribution in [1.82, 2.24) is 15.1 Å². The van der Waals surface area contributed by atoms with Crippen molar-refractivity contribution in [3.05, 3.63) is 11.3 Å². The summed E-state index contributed by atoms with van der Waals surface area (Å²) in [6.45, 7) is 9.70. The molecule has 1 fully saturated rings. The minimum Gasteiger partial charge on any atom is -0.356 e. The average molecular weight is 282 g/mol. The van der Waals surface area contributed by atoms with Crippen LogP contribution in [0, 0.1) is 6.92 Å². The molecule has 0 amide bonds. The van der Waals surface area contributed by atoms with Crippen LogP contribution in [0.3, 0.4) is 0 Å². The van der Waals surface area contributed by atoms with E-state index in [4.69, 9.17) is 0 Å². The van der Waals surface area contributed by atoms with Gasteiger partial charge in [0, 0.05) is 44.0 Å². The first-order valence-corrected chi connectivity index (χ1v) is 8.33. The minimum absolute atomic E-state index is 0.507. The molecular weight excluding hydrogens is 256 g/mol. The zero-order valence-corrected chi connectivity index (χ0v) is 13.4. The highest BCUT2D eigenvalue weighted by atomic mass is 32.2. The number of hydrogen-bond donors (Lipinski definition) is 1. The zero-order valence-electron chi connectivity index (χ0n) is 12.6. The van der Waals surface area contributed by atoms with Crippen LogP contribution in [0.5, 0.6) is 0 Å². The molecule has 2 heterocycles. The Morgan fingerprint density at radius 1 is 1.32 bits per heavy atom. The fourth-order valence-electron chi connectivity index (χ4n) is 2.56. The van der Waals surface area contributed by atoms with Crippen LogP contribution in [0.4, 0.5) is 5.82 Å². The summed E-state index contributed by atoms with van der Waals surface area (Å²) < 4.78 is 2.06. The largest absolute Gasteiger partial charge is 0.356 e. The van der Waals surface area contributed by atoms with E-state index >= 15 is 0 Å². The molecular formula is C14H26N4S. The highest BCUT2D eigenvalue weighted by Gasteiger charge is 2.20. The Balaban J connectivity index is 2.21. The molecule has 1 N–H and O–H groups in total. The van der Waals surface area contributed by atoms with Crippen molar-refractivity contribution < 1.29 is 0 Å². The molecule has 0 saturated carbocycles. The Kier molecular flexibility index (Phi) is 5.16. The highest BCUT2D eigenvalue weighted by molar-refractivity contribution is 7.99. The maximum Gasteiger partial charge on any atom is 0.131 e. The van der Waals surface area contributed by atoms with E-state index in [1.165, 1.54) is 29.3 Å². The van der Waals surface area contributed by atoms with Crippen molar-refractivity contribution in [2.75, 3.05) is 29.5 Å². The van der Waals surface area contributed by atoms with E-state index < -0.39 is 0 Å². The van der Waals surface area contributed by atoms with E-state index in [0.29, 0.717) is 6.04 Å². The summed E-state index contributed by atoms with van der Waals surface area (Å²) >= 11 is 2.06. The van der Waals surface area contributed by atoms with Gasteiger partial charge < -0.3 is 10.2 Å². The van der Waals surface area contributed by atoms with Crippen LogP contribution >= 0.6 is 11.8 Å². The molecule has 1 aromatic heterocycles. The van der Waals surface area contributed by atoms with Gasteiger partial charge in [-0.25, -0.2) is 0 Å². The molecule has 0 atom stereocenters. The van der Waals surface area contributed by atoms with Gasteiger partial charge >= 0.3 is 0 Å². The maximum atomic E-state index is 4.62. The van der Waals surface area contributed by atoms with Crippen LogP contribution in [0.1, 0.15) is 31.5 Å². The van der Waals surface area contributed by atoms with Gasteiger partial charge in [0.1, 0.15) is 5.82 Å². The van der Waals surface area contributed by atoms with Gasteiger partial charge in [-0.2, -0.15) is 16.9 Å². The molecule has 19 heavy (non-hydrogen) atoms. The molecule has 2 rings (SSSR count). The van der Waals surface area contributed by atoms with Gasteiger partial charge in [0.05, 0.1) is 5.69 Å². The quantitative estimate of drug-likeness (QED) is 0.917. The van der Waals surface area contributed by atoms with Crippen molar-refractivity contribution in [2.45, 2.75) is 39.8 Å². The Morgan fingerprint density at radius 2 is 2.11 bits per heavy atom. The van der Waals surface area contributed by atoms with E-state index in [1.54, 1.807) is 0 Å². The Morgan fingerprint density at radius 3 is 2.84 bits per heavy atom. The van der Waals surface area contributed by atoms with Crippen molar-refractivity contribution in [3.63, 3.8) is 0 Å². The minimum atomic E-state index is 0.507. The second-order valence-corrected chi connectivity index (χ2v) is 6.72. The molecule has 4 nitrogen and oxygen atoms in total. The molecule has 0 bridgehead atoms. The fourth-order valence-corrected chi connectivity index (χ4v) is 3.44. The SMILES string of the molecule is Cc1nn(C)c(N2CCCSCC2)c1CNC(C)C. The highest BCUT2D eigenvalue weighted by Crippen LogP contribution is 2.25. The summed E-state index contributed by atoms with van der Waals surface area (Å²) in [7, 11) is 2.07. The molecule has 1 aromatic rings. The molecule has 0 spiro atoms. The smallest absolute Gasteiger partial charge is 0.131 e. The van der Waals surface area contributed by atoms with E-state index in [1.807, 2.05) is 0 Å². The molecule has 0 aliphatic carbocycles. The third-order valence-electron chi connectivity index (χ3n) is 3.52. The topological polar surface area (TPSA) is 33.1 Å². The molecule has 0 aromatic carbocycles. The monoisotopic (exact) mass is 282 g/mol. The lowest BCUT2D eigenvalue weighted by molar-refractivity contribution is 0.586. The lowest BCUT2D eigenvalue weighted by Gasteiger charge is -2.24. The summed E-state index contributed by atoms with van der Waals surface area (Å²) in [5, 5.41) is 8.15. The van der Waals surface area contributed by atoms with Crippen molar-refractivity contribution >= 4 is 17.6 Å². The van der Waals surface area contributed by atoms with Crippen molar-refractivity contribution in [1.29, 1.82) is 0 Å². The fraction of sp³-hybridized carbons (Fsp3) is 0.786. The Hall–Kier alpha value is -0.680. The number of hydrogen-bond acceptors (Lipinski definition) is 4. The van der Waals surface area contributed by atoms with Gasteiger partial charge in [-0.3, -0.25) is 4.68 Å². The third-order valence-corrected chi connectivity index (χ3v) is 4.57. The maximum absolute atomic E-state index is 4.62. The lowest BCUT2D eigenvalue weighted by Crippen LogP contribution is -2.30. The van der Waals surface area contributed by atoms with Gasteiger partial charge in [-0.05, 0) is 19.1 Å². The summed E-state index contributed by atoms with van der Waals surface area (Å²) in [6.07, 6.45) is 1.27. The Bertz CT molecular complexity index is 406. The number of nitrogens with zero attached hydrogens (tertiary/aromatic N) is 3. The number of anilines is 1. The summed E-state index contributed by atoms with van der Waals surface area (Å²) in [4.78, 5) is 2.51. The van der Waals surface area contributed by atoms with E-state index in [2.05, 4.69) is 59.6 Å². The van der Waals surface area contributed by atoms with E-state index in [0.717, 1.165) is 25.3 Å². The second kappa shape index (κ2) is 6.66. The molecule has 5 heteroatoms. The van der Waals surface area contributed by atoms with Gasteiger partial charge in [0.2, 0.25) is 0 Å². The standard InChI is InChI=1S/C14H26N4S/c1-11(2)15-10-13-12(3)16-17(4)14(13)18-6-5-8-19-9-7-18/h11,15H,5-10H2,1-4H3. The molecule has 0 unspecified atom stereocenters. The first-order chi connectivity index (χ1) is 9.09. The number of nitrogens with one attached hydrogen (secondary N) is 1. The zero-order chi connectivity index (χ0) is 13.8. The van der Waals surface area contributed by atoms with Crippen LogP contribution in [-0.4, -0.2) is 40.4 Å². The van der Waals surface area contributed by atoms with Gasteiger partial charge in [0.15, 0.2) is 0 Å². The first-order valence-electron chi connectivity index (χ1n) is 7.18. The van der Waals surface area contributed by atoms with Crippen LogP contribution in [0.2, 0.25) is 0 Å². The van der Waals surface area contributed by atoms with Crippen LogP contribution in [0.25, 0.3) is 0 Å². The summed E-state index contributed by atoms with van der Waals surface area (Å²) in [6, 6.07) is 0.507. The van der Waals surface area contributed by atoms with E-state index in [-0.39, 0.29) is 0 Å². The van der Waals surface area contributed by atoms with Gasteiger partial charge in [-0.1, -0.05) is 13.8 Å². The van der Waals surface area contributed by atoms with E-state index in [9.17, 15) is 0 Å². The van der Waals surface area contributed by atoms with Crippen molar-refractivity contribution in [3.8, 4) is 0 Å². The molecule has 1 aliphatic rings. The molecule has 0 radical (unpaired) electrons. The number of aromatic nitrogens is 2. The van der Waals surface area contributed by atoms with Crippen LogP contribution in [-0.2, 0) is 13.6 Å². The number of thioether (sulfide) groups is 1. The molecule has 1 saturated heterocycles. The third kappa shape index (κ3) is 3.66. The normalized spacial score (nSPS) is 17.0. The predicted octanol–water partition coefficient (Wildman–Crippen LogP) is 2.17. The van der Waals surface area contributed by atoms with Crippen LogP contribution in [0.15, 0.2) is 0 Å². The van der Waals surface area contributed by atoms with Gasteiger partial charge in [0.25, 0.3) is 0 Å². The average Bonchev–Trinajstić information content (AvgIpc) is 2.57. The predicted molar refractivity (Wildman–Crippen MR) is 84.1 cm³/mol. The lowest BCUT2D eigenvalue weighted by atomic mass is 10.2. The molecule has 1 aliphatic heterocycles. The summed E-state index contributed by atoms with van der Waals surface area (Å²) in [5.74, 6) is 3.82. The van der Waals surface area contributed by atoms with Gasteiger partial charge in [-0.15, -0.1) is 0 Å².